The number of benzene rings is 1. The van der Waals surface area contributed by atoms with E-state index in [0.717, 1.165) is 48.9 Å². The van der Waals surface area contributed by atoms with E-state index >= 15 is 0 Å². The number of nitrogens with zero attached hydrogens (tertiary/aromatic N) is 6. The average molecular weight is 494 g/mol. The number of hydrogen-bond donors (Lipinski definition) is 2. The van der Waals surface area contributed by atoms with Crippen molar-refractivity contribution in [1.82, 2.24) is 25.3 Å². The number of aliphatic hydroxyl groups is 1. The molecule has 0 amide bonds. The second-order valence-electron chi connectivity index (χ2n) is 8.96. The predicted octanol–water partition coefficient (Wildman–Crippen LogP) is 2.58. The molecular formula is C26H35N7O3. The number of aliphatic hydroxyl groups excluding tert-OH is 1. The van der Waals surface area contributed by atoms with Crippen molar-refractivity contribution in [3.8, 4) is 17.1 Å². The maximum atomic E-state index is 10.00. The zero-order valence-electron chi connectivity index (χ0n) is 21.4. The lowest BCUT2D eigenvalue weighted by Gasteiger charge is -2.32. The lowest BCUT2D eigenvalue weighted by Crippen LogP contribution is -2.37. The molecule has 1 aliphatic rings. The molecule has 3 aromatic rings. The maximum Gasteiger partial charge on any atom is 0.164 e. The molecule has 0 aliphatic carbocycles. The van der Waals surface area contributed by atoms with Crippen LogP contribution in [0.1, 0.15) is 18.7 Å². The van der Waals surface area contributed by atoms with Gasteiger partial charge in [-0.25, -0.2) is 19.9 Å². The zero-order valence-corrected chi connectivity index (χ0v) is 21.4. The Labute approximate surface area is 212 Å². The van der Waals surface area contributed by atoms with Crippen molar-refractivity contribution in [2.45, 2.75) is 31.9 Å². The molecule has 36 heavy (non-hydrogen) atoms. The monoisotopic (exact) mass is 493 g/mol. The average Bonchev–Trinajstić information content (AvgIpc) is 2.92. The SMILES string of the molecule is CNCC(O)COc1cccc(-c2nc(N(C)c3cnc(C)nc3)cc(N(C)C3CCOCC3)n2)c1. The molecule has 10 heteroatoms. The van der Waals surface area contributed by atoms with E-state index in [1.54, 1.807) is 19.4 Å². The quantitative estimate of drug-likeness (QED) is 0.437. The Bertz CT molecular complexity index is 1120. The van der Waals surface area contributed by atoms with Crippen molar-refractivity contribution >= 4 is 17.3 Å². The molecule has 2 N–H and O–H groups in total. The van der Waals surface area contributed by atoms with Crippen LogP contribution in [0.4, 0.5) is 17.3 Å². The topological polar surface area (TPSA) is 109 Å². The summed E-state index contributed by atoms with van der Waals surface area (Å²) in [5.74, 6) is 3.51. The number of anilines is 3. The molecule has 1 atom stereocenters. The zero-order chi connectivity index (χ0) is 25.5. The summed E-state index contributed by atoms with van der Waals surface area (Å²) in [6.07, 6.45) is 4.88. The van der Waals surface area contributed by atoms with Crippen LogP contribution in [0.2, 0.25) is 0 Å². The molecular weight excluding hydrogens is 458 g/mol. The number of aryl methyl sites for hydroxylation is 1. The van der Waals surface area contributed by atoms with E-state index in [-0.39, 0.29) is 6.61 Å². The molecule has 4 rings (SSSR count). The van der Waals surface area contributed by atoms with Crippen LogP contribution in [-0.4, -0.2) is 84.7 Å². The Hall–Kier alpha value is -3.34. The maximum absolute atomic E-state index is 10.00. The molecule has 1 fully saturated rings. The van der Waals surface area contributed by atoms with Crippen molar-refractivity contribution in [2.75, 3.05) is 57.3 Å². The largest absolute Gasteiger partial charge is 0.491 e. The molecule has 0 bridgehead atoms. The van der Waals surface area contributed by atoms with Crippen LogP contribution in [0.5, 0.6) is 5.75 Å². The van der Waals surface area contributed by atoms with Gasteiger partial charge in [-0.15, -0.1) is 0 Å². The highest BCUT2D eigenvalue weighted by atomic mass is 16.5. The van der Waals surface area contributed by atoms with E-state index in [1.807, 2.05) is 49.2 Å². The number of nitrogens with one attached hydrogen (secondary N) is 1. The van der Waals surface area contributed by atoms with Gasteiger partial charge in [-0.1, -0.05) is 12.1 Å². The van der Waals surface area contributed by atoms with Crippen LogP contribution in [0, 0.1) is 6.92 Å². The summed E-state index contributed by atoms with van der Waals surface area (Å²) < 4.78 is 11.4. The number of rotatable bonds is 10. The standard InChI is InChI=1S/C26H35N7O3/c1-18-28-14-21(15-29-18)33(4)25-13-24(32(3)20-8-10-35-11-9-20)30-26(31-25)19-6-5-7-23(12-19)36-17-22(34)16-27-2/h5-7,12-15,20,22,27,34H,8-11,16-17H2,1-4H3. The minimum Gasteiger partial charge on any atom is -0.491 e. The van der Waals surface area contributed by atoms with Gasteiger partial charge in [0.05, 0.1) is 18.1 Å². The minimum atomic E-state index is -0.594. The van der Waals surface area contributed by atoms with Gasteiger partial charge in [-0.2, -0.15) is 0 Å². The van der Waals surface area contributed by atoms with Gasteiger partial charge in [-0.05, 0) is 38.9 Å². The fourth-order valence-corrected chi connectivity index (χ4v) is 4.07. The van der Waals surface area contributed by atoms with Crippen molar-refractivity contribution in [2.24, 2.45) is 0 Å². The molecule has 0 spiro atoms. The Balaban J connectivity index is 1.67. The third kappa shape index (κ3) is 6.45. The Morgan fingerprint density at radius 3 is 2.56 bits per heavy atom. The summed E-state index contributed by atoms with van der Waals surface area (Å²) in [7, 11) is 5.81. The highest BCUT2D eigenvalue weighted by Gasteiger charge is 2.22. The lowest BCUT2D eigenvalue weighted by molar-refractivity contribution is 0.0853. The number of likely N-dealkylation sites (N-methyl/N-ethyl adjacent to an activating group) is 1. The molecule has 1 saturated heterocycles. The van der Waals surface area contributed by atoms with Gasteiger partial charge in [0.25, 0.3) is 0 Å². The first-order chi connectivity index (χ1) is 17.4. The van der Waals surface area contributed by atoms with Crippen LogP contribution in [0.15, 0.2) is 42.7 Å². The van der Waals surface area contributed by atoms with Gasteiger partial charge in [0.15, 0.2) is 5.82 Å². The molecule has 3 heterocycles. The highest BCUT2D eigenvalue weighted by molar-refractivity contribution is 5.67. The molecule has 0 saturated carbocycles. The fraction of sp³-hybridized carbons (Fsp3) is 0.462. The summed E-state index contributed by atoms with van der Waals surface area (Å²) in [5, 5.41) is 12.9. The normalized spacial score (nSPS) is 14.9. The van der Waals surface area contributed by atoms with Crippen molar-refractivity contribution in [3.63, 3.8) is 0 Å². The Kier molecular flexibility index (Phi) is 8.63. The van der Waals surface area contributed by atoms with E-state index < -0.39 is 6.10 Å². The summed E-state index contributed by atoms with van der Waals surface area (Å²) in [6, 6.07) is 9.97. The Morgan fingerprint density at radius 2 is 1.83 bits per heavy atom. The first kappa shape index (κ1) is 25.7. The number of ether oxygens (including phenoxy) is 2. The molecule has 1 unspecified atom stereocenters. The van der Waals surface area contributed by atoms with E-state index in [0.29, 0.717) is 30.0 Å². The summed E-state index contributed by atoms with van der Waals surface area (Å²) in [4.78, 5) is 22.7. The second-order valence-corrected chi connectivity index (χ2v) is 8.96. The molecule has 10 nitrogen and oxygen atoms in total. The lowest BCUT2D eigenvalue weighted by atomic mass is 10.1. The van der Waals surface area contributed by atoms with E-state index in [9.17, 15) is 5.11 Å². The van der Waals surface area contributed by atoms with Crippen LogP contribution in [0.3, 0.4) is 0 Å². The van der Waals surface area contributed by atoms with Crippen molar-refractivity contribution < 1.29 is 14.6 Å². The third-order valence-corrected chi connectivity index (χ3v) is 6.27. The van der Waals surface area contributed by atoms with Crippen LogP contribution in [-0.2, 0) is 4.74 Å². The number of aromatic nitrogens is 4. The highest BCUT2D eigenvalue weighted by Crippen LogP contribution is 2.30. The molecule has 2 aromatic heterocycles. The second kappa shape index (κ2) is 12.1. The van der Waals surface area contributed by atoms with Gasteiger partial charge < -0.3 is 29.7 Å². The number of hydrogen-bond acceptors (Lipinski definition) is 10. The van der Waals surface area contributed by atoms with Crippen LogP contribution < -0.4 is 19.9 Å². The third-order valence-electron chi connectivity index (χ3n) is 6.27. The predicted molar refractivity (Wildman–Crippen MR) is 140 cm³/mol. The van der Waals surface area contributed by atoms with E-state index in [1.165, 1.54) is 0 Å². The van der Waals surface area contributed by atoms with Gasteiger partial charge in [0.1, 0.15) is 35.9 Å². The minimum absolute atomic E-state index is 0.194. The first-order valence-electron chi connectivity index (χ1n) is 12.2. The van der Waals surface area contributed by atoms with Gasteiger partial charge in [0, 0.05) is 51.5 Å². The molecule has 1 aromatic carbocycles. The molecule has 0 radical (unpaired) electrons. The van der Waals surface area contributed by atoms with E-state index in [4.69, 9.17) is 19.4 Å². The summed E-state index contributed by atoms with van der Waals surface area (Å²) >= 11 is 0. The van der Waals surface area contributed by atoms with Crippen LogP contribution in [0.25, 0.3) is 11.4 Å². The van der Waals surface area contributed by atoms with Gasteiger partial charge in [0.2, 0.25) is 0 Å². The van der Waals surface area contributed by atoms with E-state index in [2.05, 4.69) is 27.2 Å². The summed E-state index contributed by atoms with van der Waals surface area (Å²) in [6.45, 7) is 4.01. The Morgan fingerprint density at radius 1 is 1.11 bits per heavy atom. The molecule has 192 valence electrons. The van der Waals surface area contributed by atoms with Gasteiger partial charge in [-0.3, -0.25) is 0 Å². The van der Waals surface area contributed by atoms with Crippen molar-refractivity contribution in [1.29, 1.82) is 0 Å². The smallest absolute Gasteiger partial charge is 0.164 e. The van der Waals surface area contributed by atoms with Gasteiger partial charge >= 0.3 is 0 Å². The summed E-state index contributed by atoms with van der Waals surface area (Å²) in [5.41, 5.74) is 1.66. The van der Waals surface area contributed by atoms with Crippen molar-refractivity contribution in [3.05, 3.63) is 48.5 Å². The first-order valence-corrected chi connectivity index (χ1v) is 12.2. The fourth-order valence-electron chi connectivity index (χ4n) is 4.07. The van der Waals surface area contributed by atoms with Crippen LogP contribution >= 0.6 is 0 Å². The molecule has 1 aliphatic heterocycles.